The standard InChI is InChI=1S/C29H40N2O2/c1-4-10-27-19-24(5-2)21-31(16-15-30(27)17-18-32)29-20-25(22-33)13-14-28(29)23(3)26-11-8-6-7-9-12-26/h4-5,10,13-14,18-20,22-23,26-27H,2,6-9,11-12,15-17,21H2,1,3H3/b10-4-,24-19?. The normalized spacial score (nSPS) is 22.2. The Morgan fingerprint density at radius 2 is 1.88 bits per heavy atom. The number of anilines is 1. The van der Waals surface area contributed by atoms with Gasteiger partial charge in [-0.25, -0.2) is 0 Å². The summed E-state index contributed by atoms with van der Waals surface area (Å²) in [5.74, 6) is 1.13. The number of rotatable bonds is 8. The SMILES string of the molecule is C=CC1=CC(/C=C\C)N(CC=O)CCN(c2cc(C=O)ccc2C(C)C2CCCCCC2)C1. The van der Waals surface area contributed by atoms with E-state index in [9.17, 15) is 9.59 Å². The molecule has 0 spiro atoms. The lowest BCUT2D eigenvalue weighted by Crippen LogP contribution is -2.44. The molecule has 0 amide bonds. The van der Waals surface area contributed by atoms with Crippen LogP contribution < -0.4 is 4.90 Å². The molecule has 2 atom stereocenters. The van der Waals surface area contributed by atoms with Gasteiger partial charge in [-0.15, -0.1) is 0 Å². The maximum atomic E-state index is 11.7. The fourth-order valence-electron chi connectivity index (χ4n) is 5.45. The molecule has 1 aromatic rings. The molecule has 0 N–H and O–H groups in total. The first-order chi connectivity index (χ1) is 16.1. The molecule has 4 nitrogen and oxygen atoms in total. The van der Waals surface area contributed by atoms with E-state index in [2.05, 4.69) is 47.6 Å². The molecule has 1 heterocycles. The summed E-state index contributed by atoms with van der Waals surface area (Å²) in [6.45, 7) is 11.1. The molecule has 3 rings (SSSR count). The summed E-state index contributed by atoms with van der Waals surface area (Å²) in [5, 5.41) is 0. The van der Waals surface area contributed by atoms with E-state index in [1.54, 1.807) is 0 Å². The van der Waals surface area contributed by atoms with Crippen molar-refractivity contribution in [2.24, 2.45) is 5.92 Å². The van der Waals surface area contributed by atoms with Crippen molar-refractivity contribution in [2.75, 3.05) is 31.1 Å². The van der Waals surface area contributed by atoms with Crippen molar-refractivity contribution in [1.82, 2.24) is 4.90 Å². The third kappa shape index (κ3) is 6.54. The topological polar surface area (TPSA) is 40.6 Å². The number of nitrogens with zero attached hydrogens (tertiary/aromatic N) is 2. The average molecular weight is 449 g/mol. The van der Waals surface area contributed by atoms with Crippen LogP contribution in [-0.4, -0.2) is 49.7 Å². The molecule has 2 aliphatic rings. The monoisotopic (exact) mass is 448 g/mol. The Hall–Kier alpha value is -2.46. The highest BCUT2D eigenvalue weighted by molar-refractivity contribution is 5.78. The summed E-state index contributed by atoms with van der Waals surface area (Å²) in [6, 6.07) is 6.29. The molecular formula is C29H40N2O2. The molecule has 1 aliphatic heterocycles. The molecule has 4 heteroatoms. The van der Waals surface area contributed by atoms with Crippen molar-refractivity contribution >= 4 is 18.3 Å². The molecule has 178 valence electrons. The van der Waals surface area contributed by atoms with E-state index >= 15 is 0 Å². The van der Waals surface area contributed by atoms with Crippen LogP contribution in [0.1, 0.15) is 74.2 Å². The van der Waals surface area contributed by atoms with Gasteiger partial charge in [-0.05, 0) is 48.8 Å². The van der Waals surface area contributed by atoms with Crippen LogP contribution in [0.4, 0.5) is 5.69 Å². The molecule has 0 saturated heterocycles. The average Bonchev–Trinajstić information content (AvgIpc) is 3.12. The van der Waals surface area contributed by atoms with Crippen molar-refractivity contribution in [2.45, 2.75) is 64.3 Å². The Labute approximate surface area is 200 Å². The molecule has 0 bridgehead atoms. The maximum Gasteiger partial charge on any atom is 0.150 e. The minimum absolute atomic E-state index is 0.0843. The Bertz CT molecular complexity index is 864. The van der Waals surface area contributed by atoms with Crippen LogP contribution in [0.2, 0.25) is 0 Å². The van der Waals surface area contributed by atoms with Crippen molar-refractivity contribution in [3.05, 3.63) is 65.8 Å². The summed E-state index contributed by atoms with van der Waals surface area (Å²) in [5.41, 5.74) is 4.34. The molecule has 1 fully saturated rings. The summed E-state index contributed by atoms with van der Waals surface area (Å²) < 4.78 is 0. The first kappa shape index (κ1) is 25.2. The lowest BCUT2D eigenvalue weighted by atomic mass is 9.81. The molecule has 0 aromatic heterocycles. The molecule has 2 unspecified atom stereocenters. The number of hydrogen-bond acceptors (Lipinski definition) is 4. The molecule has 1 saturated carbocycles. The largest absolute Gasteiger partial charge is 0.366 e. The lowest BCUT2D eigenvalue weighted by Gasteiger charge is -2.37. The minimum atomic E-state index is 0.0843. The van der Waals surface area contributed by atoms with Crippen molar-refractivity contribution in [1.29, 1.82) is 0 Å². The number of hydrogen-bond donors (Lipinski definition) is 0. The van der Waals surface area contributed by atoms with E-state index in [0.717, 1.165) is 43.5 Å². The zero-order valence-electron chi connectivity index (χ0n) is 20.4. The van der Waals surface area contributed by atoms with Gasteiger partial charge in [0.25, 0.3) is 0 Å². The Morgan fingerprint density at radius 1 is 1.12 bits per heavy atom. The van der Waals surface area contributed by atoms with Gasteiger partial charge in [0.1, 0.15) is 12.6 Å². The van der Waals surface area contributed by atoms with Crippen LogP contribution in [-0.2, 0) is 4.79 Å². The van der Waals surface area contributed by atoms with E-state index < -0.39 is 0 Å². The highest BCUT2D eigenvalue weighted by Gasteiger charge is 2.26. The Kier molecular flexibility index (Phi) is 9.68. The van der Waals surface area contributed by atoms with Crippen LogP contribution in [0.15, 0.2) is 54.7 Å². The second kappa shape index (κ2) is 12.7. The van der Waals surface area contributed by atoms with Crippen molar-refractivity contribution in [3.63, 3.8) is 0 Å². The lowest BCUT2D eigenvalue weighted by molar-refractivity contribution is -0.109. The first-order valence-electron chi connectivity index (χ1n) is 12.6. The van der Waals surface area contributed by atoms with Crippen LogP contribution in [0, 0.1) is 5.92 Å². The van der Waals surface area contributed by atoms with Gasteiger partial charge >= 0.3 is 0 Å². The Balaban J connectivity index is 1.99. The van der Waals surface area contributed by atoms with Crippen molar-refractivity contribution in [3.8, 4) is 0 Å². The van der Waals surface area contributed by atoms with Crippen LogP contribution in [0.3, 0.4) is 0 Å². The van der Waals surface area contributed by atoms with Crippen LogP contribution in [0.25, 0.3) is 0 Å². The van der Waals surface area contributed by atoms with E-state index in [0.29, 0.717) is 23.9 Å². The van der Waals surface area contributed by atoms with Gasteiger partial charge in [0.15, 0.2) is 0 Å². The molecule has 0 radical (unpaired) electrons. The number of allylic oxidation sites excluding steroid dienone is 1. The van der Waals surface area contributed by atoms with Gasteiger partial charge in [0, 0.05) is 36.9 Å². The predicted molar refractivity (Wildman–Crippen MR) is 138 cm³/mol. The third-order valence-electron chi connectivity index (χ3n) is 7.43. The van der Waals surface area contributed by atoms with Gasteiger partial charge in [0.2, 0.25) is 0 Å². The smallest absolute Gasteiger partial charge is 0.150 e. The van der Waals surface area contributed by atoms with E-state index in [1.807, 2.05) is 25.1 Å². The number of benzene rings is 1. The zero-order valence-corrected chi connectivity index (χ0v) is 20.4. The summed E-state index contributed by atoms with van der Waals surface area (Å²) in [6.07, 6.45) is 18.1. The first-order valence-corrected chi connectivity index (χ1v) is 12.6. The van der Waals surface area contributed by atoms with Crippen LogP contribution >= 0.6 is 0 Å². The molecule has 1 aromatic carbocycles. The maximum absolute atomic E-state index is 11.7. The Morgan fingerprint density at radius 3 is 2.52 bits per heavy atom. The fourth-order valence-corrected chi connectivity index (χ4v) is 5.45. The third-order valence-corrected chi connectivity index (χ3v) is 7.43. The summed E-state index contributed by atoms with van der Waals surface area (Å²) in [7, 11) is 0. The van der Waals surface area contributed by atoms with Gasteiger partial charge in [-0.1, -0.05) is 75.6 Å². The number of carbonyl (C=O) groups is 2. The quantitative estimate of drug-likeness (QED) is 0.280. The number of aldehydes is 2. The van der Waals surface area contributed by atoms with Gasteiger partial charge in [-0.2, -0.15) is 0 Å². The second-order valence-electron chi connectivity index (χ2n) is 9.52. The highest BCUT2D eigenvalue weighted by atomic mass is 16.1. The molecular weight excluding hydrogens is 408 g/mol. The summed E-state index contributed by atoms with van der Waals surface area (Å²) >= 11 is 0. The van der Waals surface area contributed by atoms with E-state index in [1.165, 1.54) is 44.1 Å². The minimum Gasteiger partial charge on any atom is -0.366 e. The number of carbonyl (C=O) groups excluding carboxylic acids is 2. The summed E-state index contributed by atoms with van der Waals surface area (Å²) in [4.78, 5) is 27.6. The predicted octanol–water partition coefficient (Wildman–Crippen LogP) is 5.95. The second-order valence-corrected chi connectivity index (χ2v) is 9.52. The molecule has 33 heavy (non-hydrogen) atoms. The zero-order chi connectivity index (χ0) is 23.6. The fraction of sp³-hybridized carbons (Fsp3) is 0.517. The van der Waals surface area contributed by atoms with E-state index in [4.69, 9.17) is 0 Å². The highest BCUT2D eigenvalue weighted by Crippen LogP contribution is 2.39. The van der Waals surface area contributed by atoms with Gasteiger partial charge < -0.3 is 9.69 Å². The van der Waals surface area contributed by atoms with E-state index in [-0.39, 0.29) is 6.04 Å². The van der Waals surface area contributed by atoms with Crippen molar-refractivity contribution < 1.29 is 9.59 Å². The van der Waals surface area contributed by atoms with Crippen LogP contribution in [0.5, 0.6) is 0 Å². The molecule has 1 aliphatic carbocycles. The van der Waals surface area contributed by atoms with Gasteiger partial charge in [0.05, 0.1) is 6.54 Å². The van der Waals surface area contributed by atoms with Gasteiger partial charge in [-0.3, -0.25) is 9.69 Å².